The summed E-state index contributed by atoms with van der Waals surface area (Å²) in [5.41, 5.74) is 0.270. The number of para-hydroxylation sites is 1. The molecular weight excluding hydrogens is 266 g/mol. The first kappa shape index (κ1) is 14.1. The second-order valence-electron chi connectivity index (χ2n) is 6.33. The van der Waals surface area contributed by atoms with Gasteiger partial charge in [0.05, 0.1) is 12.0 Å². The zero-order valence-electron chi connectivity index (χ0n) is 12.5. The molecule has 1 fully saturated rings. The predicted octanol–water partition coefficient (Wildman–Crippen LogP) is 3.37. The average molecular weight is 287 g/mol. The molecule has 1 saturated heterocycles. The van der Waals surface area contributed by atoms with Crippen LogP contribution in [0.15, 0.2) is 34.7 Å². The van der Waals surface area contributed by atoms with Crippen LogP contribution >= 0.6 is 0 Å². The second-order valence-corrected chi connectivity index (χ2v) is 6.33. The maximum absolute atomic E-state index is 11.7. The molecule has 0 aliphatic carbocycles. The summed E-state index contributed by atoms with van der Waals surface area (Å²) >= 11 is 0. The Morgan fingerprint density at radius 1 is 1.43 bits per heavy atom. The molecule has 1 aromatic carbocycles. The van der Waals surface area contributed by atoms with E-state index in [1.807, 2.05) is 44.2 Å². The van der Waals surface area contributed by atoms with Crippen LogP contribution in [0, 0.1) is 11.3 Å². The lowest BCUT2D eigenvalue weighted by atomic mass is 9.76. The van der Waals surface area contributed by atoms with Crippen LogP contribution in [0.2, 0.25) is 0 Å². The van der Waals surface area contributed by atoms with Gasteiger partial charge in [-0.2, -0.15) is 0 Å². The number of rotatable bonds is 4. The van der Waals surface area contributed by atoms with Gasteiger partial charge in [0, 0.05) is 11.9 Å². The van der Waals surface area contributed by atoms with Crippen molar-refractivity contribution in [3.05, 3.63) is 36.1 Å². The average Bonchev–Trinajstić information content (AvgIpc) is 3.02. The molecule has 1 aliphatic rings. The molecule has 1 aliphatic heterocycles. The van der Waals surface area contributed by atoms with E-state index in [4.69, 9.17) is 4.42 Å². The summed E-state index contributed by atoms with van der Waals surface area (Å²) in [6.07, 6.45) is 0.709. The van der Waals surface area contributed by atoms with Gasteiger partial charge >= 0.3 is 5.97 Å². The van der Waals surface area contributed by atoms with Crippen molar-refractivity contribution >= 4 is 16.9 Å². The molecule has 2 aromatic rings. The molecule has 4 heteroatoms. The number of carbonyl (C=O) groups is 1. The third-order valence-electron chi connectivity index (χ3n) is 4.77. The quantitative estimate of drug-likeness (QED) is 0.936. The Labute approximate surface area is 124 Å². The summed E-state index contributed by atoms with van der Waals surface area (Å²) in [7, 11) is 0. The molecule has 1 atom stereocenters. The van der Waals surface area contributed by atoms with Crippen LogP contribution in [0.1, 0.15) is 26.0 Å². The molecule has 4 nitrogen and oxygen atoms in total. The van der Waals surface area contributed by atoms with Gasteiger partial charge in [0.15, 0.2) is 0 Å². The minimum atomic E-state index is -0.676. The molecule has 1 aromatic heterocycles. The molecule has 1 unspecified atom stereocenters. The van der Waals surface area contributed by atoms with Crippen LogP contribution in [0.4, 0.5) is 0 Å². The van der Waals surface area contributed by atoms with E-state index in [1.54, 1.807) is 0 Å². The SMILES string of the molecule is CC(C)C1(C(=O)O)CCN(Cc2cc3ccccc3o2)C1. The molecular formula is C17H21NO3. The zero-order valence-corrected chi connectivity index (χ0v) is 12.5. The van der Waals surface area contributed by atoms with Gasteiger partial charge in [-0.25, -0.2) is 0 Å². The minimum absolute atomic E-state index is 0.135. The first-order valence-corrected chi connectivity index (χ1v) is 7.44. The van der Waals surface area contributed by atoms with E-state index in [9.17, 15) is 9.90 Å². The fourth-order valence-electron chi connectivity index (χ4n) is 3.28. The number of fused-ring (bicyclic) bond motifs is 1. The fourth-order valence-corrected chi connectivity index (χ4v) is 3.28. The summed E-state index contributed by atoms with van der Waals surface area (Å²) in [5, 5.41) is 10.7. The van der Waals surface area contributed by atoms with E-state index in [0.29, 0.717) is 19.5 Å². The van der Waals surface area contributed by atoms with Gasteiger partial charge in [-0.05, 0) is 31.0 Å². The van der Waals surface area contributed by atoms with Crippen molar-refractivity contribution < 1.29 is 14.3 Å². The van der Waals surface area contributed by atoms with Gasteiger partial charge in [0.1, 0.15) is 11.3 Å². The van der Waals surface area contributed by atoms with Crippen molar-refractivity contribution in [3.63, 3.8) is 0 Å². The van der Waals surface area contributed by atoms with Crippen LogP contribution in [-0.2, 0) is 11.3 Å². The molecule has 0 saturated carbocycles. The van der Waals surface area contributed by atoms with E-state index in [2.05, 4.69) is 4.90 Å². The monoisotopic (exact) mass is 287 g/mol. The normalized spacial score (nSPS) is 23.2. The highest BCUT2D eigenvalue weighted by atomic mass is 16.4. The number of carboxylic acid groups (broad SMARTS) is 1. The van der Waals surface area contributed by atoms with Gasteiger partial charge in [0.2, 0.25) is 0 Å². The summed E-state index contributed by atoms with van der Waals surface area (Å²) in [6, 6.07) is 9.98. The lowest BCUT2D eigenvalue weighted by Crippen LogP contribution is -2.39. The van der Waals surface area contributed by atoms with Gasteiger partial charge in [-0.3, -0.25) is 9.69 Å². The molecule has 21 heavy (non-hydrogen) atoms. The maximum Gasteiger partial charge on any atom is 0.311 e. The smallest absolute Gasteiger partial charge is 0.311 e. The number of nitrogens with zero attached hydrogens (tertiary/aromatic N) is 1. The first-order valence-electron chi connectivity index (χ1n) is 7.44. The lowest BCUT2D eigenvalue weighted by Gasteiger charge is -2.28. The molecule has 0 amide bonds. The Balaban J connectivity index is 1.76. The number of aliphatic carboxylic acids is 1. The van der Waals surface area contributed by atoms with E-state index in [-0.39, 0.29) is 5.92 Å². The third-order valence-corrected chi connectivity index (χ3v) is 4.77. The van der Waals surface area contributed by atoms with Gasteiger partial charge in [-0.1, -0.05) is 32.0 Å². The van der Waals surface area contributed by atoms with E-state index in [1.165, 1.54) is 0 Å². The van der Waals surface area contributed by atoms with Crippen molar-refractivity contribution in [2.75, 3.05) is 13.1 Å². The van der Waals surface area contributed by atoms with Crippen LogP contribution in [0.25, 0.3) is 11.0 Å². The molecule has 1 N–H and O–H groups in total. The number of benzene rings is 1. The summed E-state index contributed by atoms with van der Waals surface area (Å²) < 4.78 is 5.83. The Bertz CT molecular complexity index is 628. The molecule has 0 radical (unpaired) electrons. The first-order chi connectivity index (χ1) is 10.0. The maximum atomic E-state index is 11.7. The molecule has 3 rings (SSSR count). The van der Waals surface area contributed by atoms with Crippen LogP contribution in [0.3, 0.4) is 0 Å². The van der Waals surface area contributed by atoms with E-state index < -0.39 is 11.4 Å². The van der Waals surface area contributed by atoms with E-state index in [0.717, 1.165) is 23.3 Å². The summed E-state index contributed by atoms with van der Waals surface area (Å²) in [6.45, 7) is 6.08. The molecule has 2 heterocycles. The summed E-state index contributed by atoms with van der Waals surface area (Å²) in [5.74, 6) is 0.362. The number of hydrogen-bond acceptors (Lipinski definition) is 3. The molecule has 112 valence electrons. The highest BCUT2D eigenvalue weighted by Gasteiger charge is 2.47. The van der Waals surface area contributed by atoms with Crippen LogP contribution in [-0.4, -0.2) is 29.1 Å². The second kappa shape index (κ2) is 5.19. The Morgan fingerprint density at radius 2 is 2.19 bits per heavy atom. The lowest BCUT2D eigenvalue weighted by molar-refractivity contribution is -0.151. The largest absolute Gasteiger partial charge is 0.481 e. The number of carboxylic acids is 1. The highest BCUT2D eigenvalue weighted by molar-refractivity contribution is 5.77. The Kier molecular flexibility index (Phi) is 3.49. The minimum Gasteiger partial charge on any atom is -0.481 e. The topological polar surface area (TPSA) is 53.7 Å². The molecule has 0 spiro atoms. The van der Waals surface area contributed by atoms with Crippen molar-refractivity contribution in [2.45, 2.75) is 26.8 Å². The van der Waals surface area contributed by atoms with Crippen molar-refractivity contribution in [1.29, 1.82) is 0 Å². The number of hydrogen-bond donors (Lipinski definition) is 1. The molecule has 0 bridgehead atoms. The number of furan rings is 1. The van der Waals surface area contributed by atoms with E-state index >= 15 is 0 Å². The Hall–Kier alpha value is -1.81. The van der Waals surface area contributed by atoms with Gasteiger partial charge in [-0.15, -0.1) is 0 Å². The fraction of sp³-hybridized carbons (Fsp3) is 0.471. The van der Waals surface area contributed by atoms with Crippen molar-refractivity contribution in [3.8, 4) is 0 Å². The van der Waals surface area contributed by atoms with Gasteiger partial charge < -0.3 is 9.52 Å². The van der Waals surface area contributed by atoms with Crippen molar-refractivity contribution in [1.82, 2.24) is 4.90 Å². The van der Waals surface area contributed by atoms with Crippen LogP contribution < -0.4 is 0 Å². The third kappa shape index (κ3) is 2.44. The summed E-state index contributed by atoms with van der Waals surface area (Å²) in [4.78, 5) is 13.8. The number of likely N-dealkylation sites (tertiary alicyclic amines) is 1. The van der Waals surface area contributed by atoms with Crippen LogP contribution in [0.5, 0.6) is 0 Å². The predicted molar refractivity (Wildman–Crippen MR) is 81.0 cm³/mol. The zero-order chi connectivity index (χ0) is 15.0. The highest BCUT2D eigenvalue weighted by Crippen LogP contribution is 2.38. The Morgan fingerprint density at radius 3 is 2.81 bits per heavy atom. The van der Waals surface area contributed by atoms with Crippen molar-refractivity contribution in [2.24, 2.45) is 11.3 Å². The standard InChI is InChI=1S/C17H21NO3/c1-12(2)17(16(19)20)7-8-18(11-17)10-14-9-13-5-3-4-6-15(13)21-14/h3-6,9,12H,7-8,10-11H2,1-2H3,(H,19,20). The van der Waals surface area contributed by atoms with Gasteiger partial charge in [0.25, 0.3) is 0 Å².